The van der Waals surface area contributed by atoms with Crippen molar-refractivity contribution in [3.05, 3.63) is 52.1 Å². The Balaban J connectivity index is 2.54. The van der Waals surface area contributed by atoms with Gasteiger partial charge < -0.3 is 10.7 Å². The lowest BCUT2D eigenvalue weighted by molar-refractivity contribution is 0.103. The minimum atomic E-state index is -0.557. The van der Waals surface area contributed by atoms with Gasteiger partial charge in [-0.2, -0.15) is 0 Å². The van der Waals surface area contributed by atoms with Crippen LogP contribution in [0.4, 0.5) is 10.1 Å². The van der Waals surface area contributed by atoms with Crippen LogP contribution in [0, 0.1) is 26.6 Å². The number of aromatic amines is 1. The topological polar surface area (TPSA) is 58.9 Å². The average molecular weight is 246 g/mol. The van der Waals surface area contributed by atoms with Crippen molar-refractivity contribution < 1.29 is 9.18 Å². The van der Waals surface area contributed by atoms with Crippen LogP contribution in [0.2, 0.25) is 0 Å². The molecule has 0 saturated carbocycles. The largest absolute Gasteiger partial charge is 0.399 e. The fourth-order valence-corrected chi connectivity index (χ4v) is 1.92. The van der Waals surface area contributed by atoms with E-state index in [0.29, 0.717) is 11.4 Å². The molecule has 18 heavy (non-hydrogen) atoms. The van der Waals surface area contributed by atoms with Gasteiger partial charge in [-0.15, -0.1) is 0 Å². The summed E-state index contributed by atoms with van der Waals surface area (Å²) in [6.45, 7) is 5.65. The van der Waals surface area contributed by atoms with Crippen LogP contribution in [0.3, 0.4) is 0 Å². The van der Waals surface area contributed by atoms with Crippen molar-refractivity contribution in [1.29, 1.82) is 0 Å². The van der Waals surface area contributed by atoms with E-state index >= 15 is 0 Å². The second kappa shape index (κ2) is 4.29. The minimum absolute atomic E-state index is 0.000602. The van der Waals surface area contributed by atoms with Crippen molar-refractivity contribution in [3.63, 3.8) is 0 Å². The van der Waals surface area contributed by atoms with Gasteiger partial charge >= 0.3 is 0 Å². The Kier molecular flexibility index (Phi) is 2.95. The zero-order chi connectivity index (χ0) is 13.4. The summed E-state index contributed by atoms with van der Waals surface area (Å²) in [4.78, 5) is 15.3. The molecule has 2 aromatic rings. The van der Waals surface area contributed by atoms with Gasteiger partial charge in [0.25, 0.3) is 0 Å². The summed E-state index contributed by atoms with van der Waals surface area (Å²) in [5, 5.41) is 0. The van der Waals surface area contributed by atoms with Gasteiger partial charge in [-0.1, -0.05) is 0 Å². The van der Waals surface area contributed by atoms with Crippen molar-refractivity contribution in [2.45, 2.75) is 20.8 Å². The Morgan fingerprint density at radius 3 is 2.44 bits per heavy atom. The molecule has 3 nitrogen and oxygen atoms in total. The molecular formula is C14H15FN2O. The van der Waals surface area contributed by atoms with Gasteiger partial charge in [0.1, 0.15) is 5.82 Å². The highest BCUT2D eigenvalue weighted by atomic mass is 19.1. The maximum absolute atomic E-state index is 13.7. The molecule has 0 amide bonds. The van der Waals surface area contributed by atoms with Gasteiger partial charge in [0.2, 0.25) is 5.78 Å². The third-order valence-electron chi connectivity index (χ3n) is 3.27. The first-order valence-corrected chi connectivity index (χ1v) is 5.67. The first kappa shape index (κ1) is 12.4. The van der Waals surface area contributed by atoms with Crippen LogP contribution < -0.4 is 5.73 Å². The van der Waals surface area contributed by atoms with E-state index in [-0.39, 0.29) is 11.3 Å². The van der Waals surface area contributed by atoms with Crippen LogP contribution in [0.5, 0.6) is 0 Å². The van der Waals surface area contributed by atoms with Gasteiger partial charge in [-0.25, -0.2) is 4.39 Å². The maximum atomic E-state index is 13.7. The number of carbonyl (C=O) groups is 1. The van der Waals surface area contributed by atoms with Crippen LogP contribution in [0.25, 0.3) is 0 Å². The van der Waals surface area contributed by atoms with Gasteiger partial charge in [0.15, 0.2) is 0 Å². The summed E-state index contributed by atoms with van der Waals surface area (Å²) in [5.74, 6) is -0.924. The highest BCUT2D eigenvalue weighted by molar-refractivity contribution is 6.09. The Morgan fingerprint density at radius 2 is 1.89 bits per heavy atom. The molecule has 2 rings (SSSR count). The van der Waals surface area contributed by atoms with Crippen molar-refractivity contribution in [2.75, 3.05) is 5.73 Å². The van der Waals surface area contributed by atoms with Crippen LogP contribution in [-0.2, 0) is 0 Å². The van der Waals surface area contributed by atoms with Crippen molar-refractivity contribution in [3.8, 4) is 0 Å². The molecule has 3 N–H and O–H groups in total. The number of ketones is 1. The SMILES string of the molecule is Cc1[nH]c(C(=O)c2cc(N)ccc2F)c(C)c1C. The fourth-order valence-electron chi connectivity index (χ4n) is 1.92. The van der Waals surface area contributed by atoms with E-state index in [9.17, 15) is 9.18 Å². The number of halogens is 1. The summed E-state index contributed by atoms with van der Waals surface area (Å²) >= 11 is 0. The molecule has 0 aliphatic carbocycles. The molecule has 0 aliphatic heterocycles. The van der Waals surface area contributed by atoms with Crippen molar-refractivity contribution in [1.82, 2.24) is 4.98 Å². The number of H-pyrrole nitrogens is 1. The molecular weight excluding hydrogens is 231 g/mol. The predicted octanol–water partition coefficient (Wildman–Crippen LogP) is 2.89. The van der Waals surface area contributed by atoms with Gasteiger partial charge in [-0.05, 0) is 50.1 Å². The Labute approximate surface area is 105 Å². The van der Waals surface area contributed by atoms with E-state index in [0.717, 1.165) is 16.8 Å². The van der Waals surface area contributed by atoms with Gasteiger partial charge in [0.05, 0.1) is 11.3 Å². The molecule has 0 spiro atoms. The number of nitrogen functional groups attached to an aromatic ring is 1. The quantitative estimate of drug-likeness (QED) is 0.632. The molecule has 94 valence electrons. The zero-order valence-corrected chi connectivity index (χ0v) is 10.6. The summed E-state index contributed by atoms with van der Waals surface area (Å²) in [5.41, 5.74) is 9.16. The number of hydrogen-bond acceptors (Lipinski definition) is 2. The van der Waals surface area contributed by atoms with Gasteiger partial charge in [0, 0.05) is 11.4 Å². The third kappa shape index (κ3) is 1.90. The normalized spacial score (nSPS) is 10.7. The smallest absolute Gasteiger partial charge is 0.212 e. The highest BCUT2D eigenvalue weighted by Gasteiger charge is 2.19. The molecule has 1 aromatic carbocycles. The number of anilines is 1. The lowest BCUT2D eigenvalue weighted by Crippen LogP contribution is -2.07. The Morgan fingerprint density at radius 1 is 1.22 bits per heavy atom. The third-order valence-corrected chi connectivity index (χ3v) is 3.27. The lowest BCUT2D eigenvalue weighted by atomic mass is 10.0. The first-order valence-electron chi connectivity index (χ1n) is 5.67. The van der Waals surface area contributed by atoms with E-state index in [2.05, 4.69) is 4.98 Å². The zero-order valence-electron chi connectivity index (χ0n) is 10.6. The van der Waals surface area contributed by atoms with E-state index in [1.807, 2.05) is 20.8 Å². The van der Waals surface area contributed by atoms with E-state index in [4.69, 9.17) is 5.73 Å². The molecule has 0 aliphatic rings. The van der Waals surface area contributed by atoms with Crippen LogP contribution in [-0.4, -0.2) is 10.8 Å². The maximum Gasteiger partial charge on any atom is 0.212 e. The molecule has 0 radical (unpaired) electrons. The molecule has 4 heteroatoms. The minimum Gasteiger partial charge on any atom is -0.399 e. The van der Waals surface area contributed by atoms with Crippen LogP contribution in [0.15, 0.2) is 18.2 Å². The molecule has 1 heterocycles. The van der Waals surface area contributed by atoms with Crippen molar-refractivity contribution >= 4 is 11.5 Å². The number of hydrogen-bond donors (Lipinski definition) is 2. The van der Waals surface area contributed by atoms with Crippen LogP contribution >= 0.6 is 0 Å². The van der Waals surface area contributed by atoms with E-state index in [1.165, 1.54) is 18.2 Å². The first-order chi connectivity index (χ1) is 8.41. The highest BCUT2D eigenvalue weighted by Crippen LogP contribution is 2.22. The molecule has 0 bridgehead atoms. The Bertz CT molecular complexity index is 629. The monoisotopic (exact) mass is 246 g/mol. The standard InChI is InChI=1S/C14H15FN2O/c1-7-8(2)13(17-9(7)3)14(18)11-6-10(16)4-5-12(11)15/h4-6,17H,16H2,1-3H3. The lowest BCUT2D eigenvalue weighted by Gasteiger charge is -2.03. The molecule has 0 unspecified atom stereocenters. The number of carbonyl (C=O) groups excluding carboxylic acids is 1. The van der Waals surface area contributed by atoms with Crippen LogP contribution in [0.1, 0.15) is 32.9 Å². The summed E-state index contributed by atoms with van der Waals surface area (Å²) in [6, 6.07) is 4.01. The number of nitrogens with two attached hydrogens (primary N) is 1. The summed E-state index contributed by atoms with van der Waals surface area (Å²) in [6.07, 6.45) is 0. The van der Waals surface area contributed by atoms with Crippen molar-refractivity contribution in [2.24, 2.45) is 0 Å². The second-order valence-electron chi connectivity index (χ2n) is 4.44. The summed E-state index contributed by atoms with van der Waals surface area (Å²) < 4.78 is 13.7. The average Bonchev–Trinajstić information content (AvgIpc) is 2.59. The van der Waals surface area contributed by atoms with E-state index in [1.54, 1.807) is 0 Å². The molecule has 0 fully saturated rings. The fraction of sp³-hybridized carbons (Fsp3) is 0.214. The molecule has 0 saturated heterocycles. The van der Waals surface area contributed by atoms with Gasteiger partial charge in [-0.3, -0.25) is 4.79 Å². The number of aryl methyl sites for hydroxylation is 1. The predicted molar refractivity (Wildman–Crippen MR) is 69.2 cm³/mol. The summed E-state index contributed by atoms with van der Waals surface area (Å²) in [7, 11) is 0. The molecule has 1 aromatic heterocycles. The molecule has 0 atom stereocenters. The second-order valence-corrected chi connectivity index (χ2v) is 4.44. The number of nitrogens with one attached hydrogen (secondary N) is 1. The number of rotatable bonds is 2. The van der Waals surface area contributed by atoms with E-state index < -0.39 is 5.82 Å². The number of aromatic nitrogens is 1. The number of benzene rings is 1. The Hall–Kier alpha value is -2.10.